The summed E-state index contributed by atoms with van der Waals surface area (Å²) in [5.41, 5.74) is 0. The first-order chi connectivity index (χ1) is 7.19. The van der Waals surface area contributed by atoms with E-state index in [0.29, 0.717) is 13.0 Å². The predicted octanol–water partition coefficient (Wildman–Crippen LogP) is 0.561. The Bertz CT molecular complexity index is 230. The van der Waals surface area contributed by atoms with Gasteiger partial charge in [-0.2, -0.15) is 0 Å². The van der Waals surface area contributed by atoms with E-state index in [2.05, 4.69) is 6.58 Å². The maximum absolute atomic E-state index is 11.4. The van der Waals surface area contributed by atoms with Crippen LogP contribution in [0.4, 0.5) is 0 Å². The van der Waals surface area contributed by atoms with E-state index < -0.39 is 6.10 Å². The van der Waals surface area contributed by atoms with Crippen LogP contribution < -0.4 is 0 Å². The number of nitrogens with zero attached hydrogens (tertiary/aromatic N) is 1. The molecule has 1 rings (SSSR count). The molecule has 1 N–H and O–H groups in total. The van der Waals surface area contributed by atoms with Crippen molar-refractivity contribution in [3.8, 4) is 0 Å². The Kier molecular flexibility index (Phi) is 4.78. The molecule has 0 aromatic carbocycles. The zero-order chi connectivity index (χ0) is 11.3. The highest BCUT2D eigenvalue weighted by atomic mass is 16.5. The Hall–Kier alpha value is -0.870. The molecule has 0 bridgehead atoms. The van der Waals surface area contributed by atoms with Gasteiger partial charge in [0.1, 0.15) is 6.04 Å². The molecule has 0 radical (unpaired) electrons. The summed E-state index contributed by atoms with van der Waals surface area (Å²) in [6, 6.07) is -0.269. The molecule has 0 aromatic heterocycles. The number of rotatable bonds is 5. The number of carbonyl (C=O) groups excluding carboxylic acids is 1. The molecular formula is C11H19NO3. The minimum Gasteiger partial charge on any atom is -0.468 e. The third kappa shape index (κ3) is 3.32. The number of allylic oxidation sites excluding steroid dienone is 1. The molecule has 86 valence electrons. The molecule has 1 saturated heterocycles. The second-order valence-corrected chi connectivity index (χ2v) is 3.85. The van der Waals surface area contributed by atoms with Crippen LogP contribution in [0.3, 0.4) is 0 Å². The van der Waals surface area contributed by atoms with Crippen LogP contribution in [0.5, 0.6) is 0 Å². The third-order valence-electron chi connectivity index (χ3n) is 2.71. The normalized spacial score (nSPS) is 26.5. The lowest BCUT2D eigenvalue weighted by Crippen LogP contribution is -2.37. The number of unbranched alkanes of at least 4 members (excludes halogenated alkanes) is 1. The van der Waals surface area contributed by atoms with Crippen molar-refractivity contribution in [3.05, 3.63) is 12.7 Å². The standard InChI is InChI=1S/C11H19NO3/c1-3-4-5-6-12-8-9(13)7-10(12)11(14)15-2/h3,9-10,13H,1,4-8H2,2H3. The Morgan fingerprint density at radius 3 is 3.07 bits per heavy atom. The molecule has 1 heterocycles. The number of likely N-dealkylation sites (tertiary alicyclic amines) is 1. The Morgan fingerprint density at radius 2 is 2.47 bits per heavy atom. The van der Waals surface area contributed by atoms with Crippen LogP contribution in [-0.4, -0.2) is 48.3 Å². The number of aliphatic hydroxyl groups is 1. The summed E-state index contributed by atoms with van der Waals surface area (Å²) in [7, 11) is 1.38. The second kappa shape index (κ2) is 5.88. The summed E-state index contributed by atoms with van der Waals surface area (Å²) in [6.45, 7) is 5.03. The minimum absolute atomic E-state index is 0.245. The number of ether oxygens (including phenoxy) is 1. The lowest BCUT2D eigenvalue weighted by molar-refractivity contribution is -0.145. The minimum atomic E-state index is -0.405. The first-order valence-corrected chi connectivity index (χ1v) is 5.30. The molecule has 0 aliphatic carbocycles. The molecular weight excluding hydrogens is 194 g/mol. The number of hydrogen-bond acceptors (Lipinski definition) is 4. The van der Waals surface area contributed by atoms with Crippen LogP contribution in [0.15, 0.2) is 12.7 Å². The number of methoxy groups -OCH3 is 1. The van der Waals surface area contributed by atoms with Crippen LogP contribution in [0.2, 0.25) is 0 Å². The molecule has 1 aliphatic rings. The van der Waals surface area contributed by atoms with Gasteiger partial charge in [-0.1, -0.05) is 6.08 Å². The lowest BCUT2D eigenvalue weighted by atomic mass is 10.2. The van der Waals surface area contributed by atoms with Gasteiger partial charge < -0.3 is 9.84 Å². The first-order valence-electron chi connectivity index (χ1n) is 5.30. The average molecular weight is 213 g/mol. The lowest BCUT2D eigenvalue weighted by Gasteiger charge is -2.21. The number of β-amino-alcohol motifs (C(OH)–C–C–N with tert-alkyl or cyclic N) is 1. The van der Waals surface area contributed by atoms with Crippen molar-refractivity contribution in [2.75, 3.05) is 20.2 Å². The molecule has 0 amide bonds. The quantitative estimate of drug-likeness (QED) is 0.412. The summed E-state index contributed by atoms with van der Waals surface area (Å²) >= 11 is 0. The van der Waals surface area contributed by atoms with Gasteiger partial charge in [0.15, 0.2) is 0 Å². The topological polar surface area (TPSA) is 49.8 Å². The predicted molar refractivity (Wildman–Crippen MR) is 57.4 cm³/mol. The van der Waals surface area contributed by atoms with Crippen LogP contribution in [0.25, 0.3) is 0 Å². The highest BCUT2D eigenvalue weighted by Gasteiger charge is 2.35. The summed E-state index contributed by atoms with van der Waals surface area (Å²) in [5.74, 6) is -0.245. The van der Waals surface area contributed by atoms with Gasteiger partial charge >= 0.3 is 5.97 Å². The van der Waals surface area contributed by atoms with Gasteiger partial charge in [0.2, 0.25) is 0 Å². The van der Waals surface area contributed by atoms with Crippen molar-refractivity contribution in [1.29, 1.82) is 0 Å². The van der Waals surface area contributed by atoms with Gasteiger partial charge in [-0.15, -0.1) is 6.58 Å². The first kappa shape index (κ1) is 12.2. The van der Waals surface area contributed by atoms with Crippen LogP contribution in [-0.2, 0) is 9.53 Å². The fourth-order valence-electron chi connectivity index (χ4n) is 1.95. The molecule has 4 nitrogen and oxygen atoms in total. The van der Waals surface area contributed by atoms with E-state index in [1.54, 1.807) is 0 Å². The van der Waals surface area contributed by atoms with E-state index in [-0.39, 0.29) is 12.0 Å². The maximum atomic E-state index is 11.4. The van der Waals surface area contributed by atoms with E-state index in [1.807, 2.05) is 11.0 Å². The molecule has 1 fully saturated rings. The second-order valence-electron chi connectivity index (χ2n) is 3.85. The van der Waals surface area contributed by atoms with E-state index >= 15 is 0 Å². The summed E-state index contributed by atoms with van der Waals surface area (Å²) in [5, 5.41) is 9.50. The zero-order valence-corrected chi connectivity index (χ0v) is 9.19. The maximum Gasteiger partial charge on any atom is 0.323 e. The van der Waals surface area contributed by atoms with Crippen molar-refractivity contribution in [2.45, 2.75) is 31.4 Å². The third-order valence-corrected chi connectivity index (χ3v) is 2.71. The van der Waals surface area contributed by atoms with Gasteiger partial charge in [-0.05, 0) is 19.4 Å². The van der Waals surface area contributed by atoms with Gasteiger partial charge in [0, 0.05) is 13.0 Å². The van der Waals surface area contributed by atoms with Crippen LogP contribution >= 0.6 is 0 Å². The van der Waals surface area contributed by atoms with Crippen molar-refractivity contribution < 1.29 is 14.6 Å². The fourth-order valence-corrected chi connectivity index (χ4v) is 1.95. The van der Waals surface area contributed by atoms with E-state index in [1.165, 1.54) is 7.11 Å². The number of hydrogen-bond donors (Lipinski definition) is 1. The molecule has 0 saturated carbocycles. The summed E-state index contributed by atoms with van der Waals surface area (Å²) < 4.78 is 4.71. The van der Waals surface area contributed by atoms with Crippen molar-refractivity contribution in [2.24, 2.45) is 0 Å². The van der Waals surface area contributed by atoms with Crippen molar-refractivity contribution in [1.82, 2.24) is 4.90 Å². The Morgan fingerprint density at radius 1 is 1.73 bits per heavy atom. The molecule has 2 unspecified atom stereocenters. The monoisotopic (exact) mass is 213 g/mol. The Labute approximate surface area is 90.5 Å². The van der Waals surface area contributed by atoms with E-state index in [0.717, 1.165) is 19.4 Å². The molecule has 15 heavy (non-hydrogen) atoms. The summed E-state index contributed by atoms with van der Waals surface area (Å²) in [6.07, 6.45) is 3.84. The summed E-state index contributed by atoms with van der Waals surface area (Å²) in [4.78, 5) is 13.4. The number of esters is 1. The average Bonchev–Trinajstić information content (AvgIpc) is 2.59. The highest BCUT2D eigenvalue weighted by Crippen LogP contribution is 2.19. The van der Waals surface area contributed by atoms with Crippen molar-refractivity contribution >= 4 is 5.97 Å². The highest BCUT2D eigenvalue weighted by molar-refractivity contribution is 5.76. The molecule has 2 atom stereocenters. The van der Waals surface area contributed by atoms with Crippen LogP contribution in [0, 0.1) is 0 Å². The number of carbonyl (C=O) groups is 1. The van der Waals surface area contributed by atoms with Gasteiger partial charge in [-0.25, -0.2) is 0 Å². The smallest absolute Gasteiger partial charge is 0.323 e. The van der Waals surface area contributed by atoms with E-state index in [4.69, 9.17) is 4.74 Å². The zero-order valence-electron chi connectivity index (χ0n) is 9.19. The SMILES string of the molecule is C=CCCCN1CC(O)CC1C(=O)OC. The van der Waals surface area contributed by atoms with Gasteiger partial charge in [0.05, 0.1) is 13.2 Å². The van der Waals surface area contributed by atoms with Crippen LogP contribution in [0.1, 0.15) is 19.3 Å². The van der Waals surface area contributed by atoms with E-state index in [9.17, 15) is 9.90 Å². The molecule has 4 heteroatoms. The molecule has 0 aromatic rings. The number of aliphatic hydroxyl groups excluding tert-OH is 1. The van der Waals surface area contributed by atoms with Gasteiger partial charge in [-0.3, -0.25) is 9.69 Å². The van der Waals surface area contributed by atoms with Crippen molar-refractivity contribution in [3.63, 3.8) is 0 Å². The Balaban J connectivity index is 2.45. The molecule has 0 spiro atoms. The molecule has 1 aliphatic heterocycles. The van der Waals surface area contributed by atoms with Gasteiger partial charge in [0.25, 0.3) is 0 Å². The largest absolute Gasteiger partial charge is 0.468 e. The fraction of sp³-hybridized carbons (Fsp3) is 0.727.